The van der Waals surface area contributed by atoms with Crippen LogP contribution in [-0.4, -0.2) is 13.0 Å². The molecule has 0 aromatic heterocycles. The molecular weight excluding hydrogens is 116 g/mol. The van der Waals surface area contributed by atoms with E-state index in [4.69, 9.17) is 5.73 Å². The number of amides is 1. The molecule has 0 saturated carbocycles. The molecule has 9 heavy (non-hydrogen) atoms. The average Bonchev–Trinajstić information content (AvgIpc) is 1.83. The monoisotopic (exact) mass is 128 g/mol. The Hall–Kier alpha value is -0.990. The molecule has 3 nitrogen and oxygen atoms in total. The Bertz CT molecular complexity index is 120. The molecule has 0 rings (SSSR count). The highest BCUT2D eigenvalue weighted by Gasteiger charge is 1.95. The average molecular weight is 128 g/mol. The van der Waals surface area contributed by atoms with Crippen LogP contribution in [0.3, 0.4) is 0 Å². The second kappa shape index (κ2) is 3.95. The molecule has 0 fully saturated rings. The first-order chi connectivity index (χ1) is 4.16. The predicted molar refractivity (Wildman–Crippen MR) is 36.6 cm³/mol. The molecule has 0 aromatic rings. The van der Waals surface area contributed by atoms with Gasteiger partial charge in [0, 0.05) is 19.2 Å². The number of nitrogens with one attached hydrogen (secondary N) is 1. The van der Waals surface area contributed by atoms with Gasteiger partial charge in [0.2, 0.25) is 5.91 Å². The van der Waals surface area contributed by atoms with E-state index >= 15 is 0 Å². The number of hydrogen-bond acceptors (Lipinski definition) is 2. The number of carbonyl (C=O) groups excluding carboxylic acids is 1. The summed E-state index contributed by atoms with van der Waals surface area (Å²) >= 11 is 0. The van der Waals surface area contributed by atoms with E-state index in [1.165, 1.54) is 0 Å². The Morgan fingerprint density at radius 2 is 2.22 bits per heavy atom. The molecule has 3 N–H and O–H groups in total. The van der Waals surface area contributed by atoms with Gasteiger partial charge in [0.1, 0.15) is 0 Å². The molecule has 0 spiro atoms. The van der Waals surface area contributed by atoms with Gasteiger partial charge in [-0.3, -0.25) is 4.79 Å². The fraction of sp³-hybridized carbons (Fsp3) is 0.500. The van der Waals surface area contributed by atoms with E-state index in [2.05, 4.69) is 11.9 Å². The smallest absolute Gasteiger partial charge is 0.220 e. The number of carbonyl (C=O) groups is 1. The first kappa shape index (κ1) is 8.01. The minimum Gasteiger partial charge on any atom is -0.403 e. The van der Waals surface area contributed by atoms with Gasteiger partial charge < -0.3 is 11.1 Å². The van der Waals surface area contributed by atoms with Crippen molar-refractivity contribution in [1.29, 1.82) is 0 Å². The van der Waals surface area contributed by atoms with Gasteiger partial charge in [0.25, 0.3) is 0 Å². The highest BCUT2D eigenvalue weighted by Crippen LogP contribution is 1.92. The van der Waals surface area contributed by atoms with Gasteiger partial charge in [0.05, 0.1) is 0 Å². The zero-order chi connectivity index (χ0) is 7.28. The Kier molecular flexibility index (Phi) is 3.51. The van der Waals surface area contributed by atoms with Crippen molar-refractivity contribution in [2.24, 2.45) is 5.73 Å². The summed E-state index contributed by atoms with van der Waals surface area (Å²) in [5, 5.41) is 2.48. The van der Waals surface area contributed by atoms with Crippen LogP contribution in [0.25, 0.3) is 0 Å². The first-order valence-electron chi connectivity index (χ1n) is 2.80. The van der Waals surface area contributed by atoms with Gasteiger partial charge in [-0.1, -0.05) is 6.58 Å². The maximum absolute atomic E-state index is 10.5. The molecule has 0 bridgehead atoms. The largest absolute Gasteiger partial charge is 0.403 e. The van der Waals surface area contributed by atoms with Crippen LogP contribution in [0, 0.1) is 0 Å². The van der Waals surface area contributed by atoms with Crippen LogP contribution in [0.2, 0.25) is 0 Å². The molecule has 0 aromatic carbocycles. The summed E-state index contributed by atoms with van der Waals surface area (Å²) in [6.45, 7) is 3.46. The SMILES string of the molecule is C=C(N)CCC(=O)NC. The number of nitrogens with two attached hydrogens (primary N) is 1. The standard InChI is InChI=1S/C6H12N2O/c1-5(7)3-4-6(9)8-2/h1,3-4,7H2,2H3,(H,8,9). The molecule has 1 amide bonds. The summed E-state index contributed by atoms with van der Waals surface area (Å²) in [5.74, 6) is 0.00148. The molecule has 0 radical (unpaired) electrons. The van der Waals surface area contributed by atoms with Gasteiger partial charge in [-0.15, -0.1) is 0 Å². The van der Waals surface area contributed by atoms with Crippen molar-refractivity contribution in [3.8, 4) is 0 Å². The van der Waals surface area contributed by atoms with Crippen LogP contribution in [0.5, 0.6) is 0 Å². The summed E-state index contributed by atoms with van der Waals surface area (Å²) in [5.41, 5.74) is 5.78. The van der Waals surface area contributed by atoms with Crippen molar-refractivity contribution in [2.75, 3.05) is 7.05 Å². The molecule has 0 aliphatic heterocycles. The third-order valence-electron chi connectivity index (χ3n) is 0.952. The minimum atomic E-state index is 0.00148. The van der Waals surface area contributed by atoms with Crippen LogP contribution >= 0.6 is 0 Å². The summed E-state index contributed by atoms with van der Waals surface area (Å²) in [6, 6.07) is 0. The lowest BCUT2D eigenvalue weighted by Crippen LogP contribution is -2.17. The maximum Gasteiger partial charge on any atom is 0.220 e. The van der Waals surface area contributed by atoms with E-state index in [1.807, 2.05) is 0 Å². The maximum atomic E-state index is 10.5. The lowest BCUT2D eigenvalue weighted by Gasteiger charge is -1.97. The van der Waals surface area contributed by atoms with Crippen molar-refractivity contribution in [2.45, 2.75) is 12.8 Å². The van der Waals surface area contributed by atoms with Crippen LogP contribution in [-0.2, 0) is 4.79 Å². The van der Waals surface area contributed by atoms with E-state index in [-0.39, 0.29) is 5.91 Å². The number of rotatable bonds is 3. The molecule has 3 heteroatoms. The molecular formula is C6H12N2O. The fourth-order valence-corrected chi connectivity index (χ4v) is 0.399. The van der Waals surface area contributed by atoms with Crippen molar-refractivity contribution in [1.82, 2.24) is 5.32 Å². The highest BCUT2D eigenvalue weighted by molar-refractivity contribution is 5.75. The number of allylic oxidation sites excluding steroid dienone is 1. The quantitative estimate of drug-likeness (QED) is 0.561. The topological polar surface area (TPSA) is 55.1 Å². The van der Waals surface area contributed by atoms with Crippen molar-refractivity contribution < 1.29 is 4.79 Å². The molecule has 52 valence electrons. The first-order valence-corrected chi connectivity index (χ1v) is 2.80. The molecule has 0 atom stereocenters. The second-order valence-corrected chi connectivity index (χ2v) is 1.83. The van der Waals surface area contributed by atoms with Gasteiger partial charge in [0.15, 0.2) is 0 Å². The normalized spacial score (nSPS) is 8.56. The third kappa shape index (κ3) is 4.87. The summed E-state index contributed by atoms with van der Waals surface area (Å²) in [7, 11) is 1.60. The predicted octanol–water partition coefficient (Wildman–Crippen LogP) is -0.0150. The zero-order valence-electron chi connectivity index (χ0n) is 5.61. The lowest BCUT2D eigenvalue weighted by atomic mass is 10.2. The molecule has 0 saturated heterocycles. The van der Waals surface area contributed by atoms with E-state index in [0.29, 0.717) is 18.5 Å². The van der Waals surface area contributed by atoms with E-state index in [9.17, 15) is 4.79 Å². The third-order valence-corrected chi connectivity index (χ3v) is 0.952. The van der Waals surface area contributed by atoms with Crippen molar-refractivity contribution in [3.05, 3.63) is 12.3 Å². The molecule has 0 aliphatic carbocycles. The van der Waals surface area contributed by atoms with Gasteiger partial charge in [-0.05, 0) is 6.42 Å². The number of hydrogen-bond donors (Lipinski definition) is 2. The van der Waals surface area contributed by atoms with E-state index in [0.717, 1.165) is 0 Å². The summed E-state index contributed by atoms with van der Waals surface area (Å²) in [4.78, 5) is 10.5. The van der Waals surface area contributed by atoms with Gasteiger partial charge in [-0.2, -0.15) is 0 Å². The molecule has 0 unspecified atom stereocenters. The van der Waals surface area contributed by atoms with Crippen LogP contribution < -0.4 is 11.1 Å². The summed E-state index contributed by atoms with van der Waals surface area (Å²) in [6.07, 6.45) is 1.01. The Labute approximate surface area is 54.9 Å². The Morgan fingerprint density at radius 1 is 1.67 bits per heavy atom. The molecule has 0 heterocycles. The minimum absolute atomic E-state index is 0.00148. The van der Waals surface area contributed by atoms with E-state index in [1.54, 1.807) is 7.05 Å². The molecule has 0 aliphatic rings. The van der Waals surface area contributed by atoms with Gasteiger partial charge >= 0.3 is 0 Å². The van der Waals surface area contributed by atoms with Crippen LogP contribution in [0.15, 0.2) is 12.3 Å². The van der Waals surface area contributed by atoms with Gasteiger partial charge in [-0.25, -0.2) is 0 Å². The Morgan fingerprint density at radius 3 is 2.56 bits per heavy atom. The Balaban J connectivity index is 3.28. The highest BCUT2D eigenvalue weighted by atomic mass is 16.1. The lowest BCUT2D eigenvalue weighted by molar-refractivity contribution is -0.120. The van der Waals surface area contributed by atoms with Crippen molar-refractivity contribution in [3.63, 3.8) is 0 Å². The van der Waals surface area contributed by atoms with Crippen LogP contribution in [0.4, 0.5) is 0 Å². The second-order valence-electron chi connectivity index (χ2n) is 1.83. The summed E-state index contributed by atoms with van der Waals surface area (Å²) < 4.78 is 0. The van der Waals surface area contributed by atoms with Crippen LogP contribution in [0.1, 0.15) is 12.8 Å². The zero-order valence-corrected chi connectivity index (χ0v) is 5.61. The fourth-order valence-electron chi connectivity index (χ4n) is 0.399. The van der Waals surface area contributed by atoms with E-state index < -0.39 is 0 Å². The van der Waals surface area contributed by atoms with Crippen molar-refractivity contribution >= 4 is 5.91 Å².